The van der Waals surface area contributed by atoms with Gasteiger partial charge >= 0.3 is 0 Å². The molecular formula is C17H17N3O2. The number of benzene rings is 2. The van der Waals surface area contributed by atoms with Crippen molar-refractivity contribution in [2.45, 2.75) is 19.0 Å². The standard InChI is InChI=1S/C17H17N3O2/c1-11-7-9-13(10-8-11)16(21)18-15-14(19-20-17(15)22)12-5-3-2-4-6-12/h2-10,14-15,19H,1H3,(H,18,21)(H,20,22)/t14-,15-/m1/s1. The first-order valence-corrected chi connectivity index (χ1v) is 7.13. The van der Waals surface area contributed by atoms with E-state index in [4.69, 9.17) is 0 Å². The minimum absolute atomic E-state index is 0.241. The summed E-state index contributed by atoms with van der Waals surface area (Å²) < 4.78 is 0. The van der Waals surface area contributed by atoms with Gasteiger partial charge < -0.3 is 5.32 Å². The molecule has 0 spiro atoms. The maximum absolute atomic E-state index is 12.3. The molecular weight excluding hydrogens is 278 g/mol. The molecule has 0 unspecified atom stereocenters. The Bertz CT molecular complexity index is 683. The van der Waals surface area contributed by atoms with Crippen LogP contribution in [-0.4, -0.2) is 17.9 Å². The molecule has 1 fully saturated rings. The molecule has 22 heavy (non-hydrogen) atoms. The summed E-state index contributed by atoms with van der Waals surface area (Å²) in [4.78, 5) is 24.3. The molecule has 0 saturated carbocycles. The Labute approximate surface area is 128 Å². The zero-order chi connectivity index (χ0) is 15.5. The Hall–Kier alpha value is -2.66. The van der Waals surface area contributed by atoms with E-state index in [1.54, 1.807) is 12.1 Å². The van der Waals surface area contributed by atoms with Gasteiger partial charge in [0.2, 0.25) is 0 Å². The van der Waals surface area contributed by atoms with E-state index >= 15 is 0 Å². The first-order valence-electron chi connectivity index (χ1n) is 7.13. The number of hydrogen-bond donors (Lipinski definition) is 3. The molecule has 2 atom stereocenters. The molecule has 2 aromatic carbocycles. The highest BCUT2D eigenvalue weighted by atomic mass is 16.2. The van der Waals surface area contributed by atoms with Gasteiger partial charge in [0.05, 0.1) is 6.04 Å². The van der Waals surface area contributed by atoms with Crippen LogP contribution in [0.25, 0.3) is 0 Å². The SMILES string of the molecule is Cc1ccc(C(=O)N[C@H]2C(=O)NN[C@@H]2c2ccccc2)cc1. The summed E-state index contributed by atoms with van der Waals surface area (Å²) in [6.07, 6.45) is 0. The number of carbonyl (C=O) groups excluding carboxylic acids is 2. The normalized spacial score (nSPS) is 20.5. The van der Waals surface area contributed by atoms with Crippen LogP contribution in [0.1, 0.15) is 27.5 Å². The quantitative estimate of drug-likeness (QED) is 0.803. The molecule has 3 N–H and O–H groups in total. The molecule has 1 heterocycles. The highest BCUT2D eigenvalue weighted by molar-refractivity contribution is 5.98. The predicted molar refractivity (Wildman–Crippen MR) is 82.9 cm³/mol. The molecule has 5 nitrogen and oxygen atoms in total. The van der Waals surface area contributed by atoms with Crippen molar-refractivity contribution in [3.63, 3.8) is 0 Å². The zero-order valence-corrected chi connectivity index (χ0v) is 12.2. The summed E-state index contributed by atoms with van der Waals surface area (Å²) in [5.41, 5.74) is 8.07. The van der Waals surface area contributed by atoms with Gasteiger partial charge in [-0.3, -0.25) is 15.0 Å². The maximum atomic E-state index is 12.3. The molecule has 0 aromatic heterocycles. The van der Waals surface area contributed by atoms with E-state index in [9.17, 15) is 9.59 Å². The van der Waals surface area contributed by atoms with Gasteiger partial charge in [0, 0.05) is 5.56 Å². The number of rotatable bonds is 3. The van der Waals surface area contributed by atoms with Crippen LogP contribution in [0.2, 0.25) is 0 Å². The fraction of sp³-hybridized carbons (Fsp3) is 0.176. The van der Waals surface area contributed by atoms with E-state index in [1.807, 2.05) is 49.4 Å². The molecule has 2 aromatic rings. The first-order chi connectivity index (χ1) is 10.6. The van der Waals surface area contributed by atoms with Gasteiger partial charge in [-0.25, -0.2) is 5.43 Å². The largest absolute Gasteiger partial charge is 0.338 e. The van der Waals surface area contributed by atoms with Crippen molar-refractivity contribution in [1.82, 2.24) is 16.2 Å². The van der Waals surface area contributed by atoms with Crippen LogP contribution in [0, 0.1) is 6.92 Å². The van der Waals surface area contributed by atoms with E-state index in [-0.39, 0.29) is 17.9 Å². The number of aryl methyl sites for hydroxylation is 1. The summed E-state index contributed by atoms with van der Waals surface area (Å²) in [6, 6.07) is 15.9. The van der Waals surface area contributed by atoms with Crippen LogP contribution in [-0.2, 0) is 4.79 Å². The van der Waals surface area contributed by atoms with Crippen molar-refractivity contribution in [2.24, 2.45) is 0 Å². The van der Waals surface area contributed by atoms with Crippen LogP contribution in [0.4, 0.5) is 0 Å². The lowest BCUT2D eigenvalue weighted by Crippen LogP contribution is -2.42. The van der Waals surface area contributed by atoms with E-state index < -0.39 is 6.04 Å². The number of amides is 2. The second-order valence-corrected chi connectivity index (χ2v) is 5.34. The number of nitrogens with one attached hydrogen (secondary N) is 3. The first kappa shape index (κ1) is 14.3. The van der Waals surface area contributed by atoms with Crippen LogP contribution in [0.3, 0.4) is 0 Å². The third kappa shape index (κ3) is 2.84. The fourth-order valence-electron chi connectivity index (χ4n) is 2.48. The third-order valence-corrected chi connectivity index (χ3v) is 3.73. The summed E-state index contributed by atoms with van der Waals surface area (Å²) >= 11 is 0. The van der Waals surface area contributed by atoms with E-state index in [2.05, 4.69) is 16.2 Å². The Kier molecular flexibility index (Phi) is 3.89. The lowest BCUT2D eigenvalue weighted by atomic mass is 10.0. The van der Waals surface area contributed by atoms with E-state index in [1.165, 1.54) is 0 Å². The minimum atomic E-state index is -0.642. The number of hydrogen-bond acceptors (Lipinski definition) is 3. The Morgan fingerprint density at radius 2 is 1.73 bits per heavy atom. The lowest BCUT2D eigenvalue weighted by molar-refractivity contribution is -0.121. The number of carbonyl (C=O) groups is 2. The van der Waals surface area contributed by atoms with E-state index in [0.717, 1.165) is 11.1 Å². The van der Waals surface area contributed by atoms with Crippen LogP contribution in [0.15, 0.2) is 54.6 Å². The van der Waals surface area contributed by atoms with Gasteiger partial charge in [-0.1, -0.05) is 48.0 Å². The van der Waals surface area contributed by atoms with Gasteiger partial charge in [-0.15, -0.1) is 0 Å². The van der Waals surface area contributed by atoms with Gasteiger partial charge in [-0.2, -0.15) is 0 Å². The van der Waals surface area contributed by atoms with Crippen LogP contribution >= 0.6 is 0 Å². The minimum Gasteiger partial charge on any atom is -0.338 e. The average Bonchev–Trinajstić information content (AvgIpc) is 2.90. The molecule has 1 saturated heterocycles. The van der Waals surface area contributed by atoms with Gasteiger partial charge in [0.25, 0.3) is 11.8 Å². The third-order valence-electron chi connectivity index (χ3n) is 3.73. The van der Waals surface area contributed by atoms with Crippen LogP contribution < -0.4 is 16.2 Å². The highest BCUT2D eigenvalue weighted by Gasteiger charge is 2.36. The molecule has 3 rings (SSSR count). The van der Waals surface area contributed by atoms with Crippen molar-refractivity contribution in [3.05, 3.63) is 71.3 Å². The topological polar surface area (TPSA) is 70.2 Å². The lowest BCUT2D eigenvalue weighted by Gasteiger charge is -2.18. The van der Waals surface area contributed by atoms with Crippen LogP contribution in [0.5, 0.6) is 0 Å². The zero-order valence-electron chi connectivity index (χ0n) is 12.2. The smallest absolute Gasteiger partial charge is 0.258 e. The maximum Gasteiger partial charge on any atom is 0.258 e. The molecule has 1 aliphatic rings. The average molecular weight is 295 g/mol. The summed E-state index contributed by atoms with van der Waals surface area (Å²) in [7, 11) is 0. The fourth-order valence-corrected chi connectivity index (χ4v) is 2.48. The van der Waals surface area contributed by atoms with Crippen molar-refractivity contribution in [1.29, 1.82) is 0 Å². The van der Waals surface area contributed by atoms with Crippen molar-refractivity contribution in [3.8, 4) is 0 Å². The monoisotopic (exact) mass is 295 g/mol. The summed E-state index contributed by atoms with van der Waals surface area (Å²) in [5.74, 6) is -0.501. The van der Waals surface area contributed by atoms with Crippen molar-refractivity contribution in [2.75, 3.05) is 0 Å². The molecule has 1 aliphatic heterocycles. The number of hydrazine groups is 1. The van der Waals surface area contributed by atoms with Gasteiger partial charge in [-0.05, 0) is 24.6 Å². The van der Waals surface area contributed by atoms with Gasteiger partial charge in [0.15, 0.2) is 0 Å². The molecule has 5 heteroatoms. The molecule has 2 amide bonds. The predicted octanol–water partition coefficient (Wildman–Crippen LogP) is 1.47. The Morgan fingerprint density at radius 3 is 2.41 bits per heavy atom. The van der Waals surface area contributed by atoms with Gasteiger partial charge in [0.1, 0.15) is 6.04 Å². The van der Waals surface area contributed by atoms with Crippen molar-refractivity contribution < 1.29 is 9.59 Å². The highest BCUT2D eigenvalue weighted by Crippen LogP contribution is 2.20. The summed E-state index contributed by atoms with van der Waals surface area (Å²) in [5, 5.41) is 2.80. The van der Waals surface area contributed by atoms with E-state index in [0.29, 0.717) is 5.56 Å². The second-order valence-electron chi connectivity index (χ2n) is 5.34. The summed E-state index contributed by atoms with van der Waals surface area (Å²) in [6.45, 7) is 1.96. The second kappa shape index (κ2) is 5.99. The van der Waals surface area contributed by atoms with Crippen molar-refractivity contribution >= 4 is 11.8 Å². The molecule has 112 valence electrons. The Morgan fingerprint density at radius 1 is 1.05 bits per heavy atom. The molecule has 0 radical (unpaired) electrons. The Balaban J connectivity index is 1.78. The molecule has 0 bridgehead atoms. The molecule has 0 aliphatic carbocycles.